The first-order valence-electron chi connectivity index (χ1n) is 17.8. The second kappa shape index (κ2) is 19.1. The van der Waals surface area contributed by atoms with E-state index in [1.54, 1.807) is 74.2 Å². The topological polar surface area (TPSA) is 189 Å². The number of benzene rings is 3. The van der Waals surface area contributed by atoms with Gasteiger partial charge in [0.25, 0.3) is 11.8 Å². The summed E-state index contributed by atoms with van der Waals surface area (Å²) in [7, 11) is -3.90. The fourth-order valence-corrected chi connectivity index (χ4v) is 7.53. The van der Waals surface area contributed by atoms with Crippen molar-refractivity contribution in [3.05, 3.63) is 140 Å². The Morgan fingerprint density at radius 2 is 1.54 bits per heavy atom. The molecule has 3 amide bonds. The lowest BCUT2D eigenvalue weighted by Crippen LogP contribution is -2.50. The Hall–Kier alpha value is -5.16. The van der Waals surface area contributed by atoms with Crippen LogP contribution >= 0.6 is 27.3 Å². The lowest BCUT2D eigenvalue weighted by molar-refractivity contribution is -0.123. The van der Waals surface area contributed by atoms with Gasteiger partial charge >= 0.3 is 0 Å². The third-order valence-corrected chi connectivity index (χ3v) is 11.3. The molecule has 0 radical (unpaired) electrons. The fourth-order valence-electron chi connectivity index (χ4n) is 5.82. The number of aromatic nitrogens is 2. The number of carbonyl (C=O) groups excluding carboxylic acids is 3. The Morgan fingerprint density at radius 1 is 0.875 bits per heavy atom. The third kappa shape index (κ3) is 11.9. The number of nitrogen functional groups attached to an aromatic ring is 1. The molecule has 0 saturated heterocycles. The van der Waals surface area contributed by atoms with E-state index in [-0.39, 0.29) is 41.9 Å². The van der Waals surface area contributed by atoms with Gasteiger partial charge in [0.1, 0.15) is 0 Å². The SMILES string of the molecule is CC(NC(=O)c1cc(C(=O)N[C@H](CN[C@@H](C)C(=O)N[C@H](C)c2ccc(N)cc2)Cc2cscn2)cc(N(Cc2ccc(Br)cc2)S(C)(=O)=O)c1)c1cccnc1. The molecular weight excluding hydrogens is 817 g/mol. The van der Waals surface area contributed by atoms with Crippen LogP contribution in [0.1, 0.15) is 76.0 Å². The minimum atomic E-state index is -3.90. The van der Waals surface area contributed by atoms with Gasteiger partial charge in [0.05, 0.1) is 47.8 Å². The zero-order chi connectivity index (χ0) is 40.4. The number of nitrogens with two attached hydrogens (primary N) is 1. The number of hydrogen-bond donors (Lipinski definition) is 5. The number of anilines is 2. The molecule has 3 aromatic carbocycles. The van der Waals surface area contributed by atoms with Crippen molar-refractivity contribution < 1.29 is 22.8 Å². The predicted octanol–water partition coefficient (Wildman–Crippen LogP) is 5.54. The van der Waals surface area contributed by atoms with Crippen molar-refractivity contribution in [2.45, 2.75) is 57.9 Å². The smallest absolute Gasteiger partial charge is 0.251 e. The van der Waals surface area contributed by atoms with Gasteiger partial charge in [-0.15, -0.1) is 11.3 Å². The van der Waals surface area contributed by atoms with Crippen molar-refractivity contribution >= 4 is 66.4 Å². The van der Waals surface area contributed by atoms with Crippen LogP contribution in [0.15, 0.2) is 107 Å². The summed E-state index contributed by atoms with van der Waals surface area (Å²) in [5.74, 6) is -1.29. The Kier molecular flexibility index (Phi) is 14.3. The number of thiazole rings is 1. The van der Waals surface area contributed by atoms with Crippen LogP contribution in [0, 0.1) is 0 Å². The Bertz CT molecular complexity index is 2210. The van der Waals surface area contributed by atoms with Crippen molar-refractivity contribution in [3.8, 4) is 0 Å². The molecule has 13 nitrogen and oxygen atoms in total. The number of nitrogens with zero attached hydrogens (tertiary/aromatic N) is 3. The highest BCUT2D eigenvalue weighted by Gasteiger charge is 2.25. The number of carbonyl (C=O) groups is 3. The molecule has 0 aliphatic carbocycles. The molecule has 4 atom stereocenters. The summed E-state index contributed by atoms with van der Waals surface area (Å²) < 4.78 is 28.6. The van der Waals surface area contributed by atoms with Crippen LogP contribution in [0.4, 0.5) is 11.4 Å². The van der Waals surface area contributed by atoms with Gasteiger partial charge in [-0.1, -0.05) is 46.3 Å². The molecule has 0 aliphatic heterocycles. The van der Waals surface area contributed by atoms with Crippen molar-refractivity contribution in [1.82, 2.24) is 31.2 Å². The first-order chi connectivity index (χ1) is 26.7. The van der Waals surface area contributed by atoms with E-state index in [1.807, 2.05) is 30.5 Å². The van der Waals surface area contributed by atoms with Gasteiger partial charge < -0.3 is 27.0 Å². The number of amides is 3. The highest BCUT2D eigenvalue weighted by atomic mass is 79.9. The number of pyridine rings is 1. The molecule has 0 spiro atoms. The number of sulfonamides is 1. The first kappa shape index (κ1) is 42.0. The summed E-state index contributed by atoms with van der Waals surface area (Å²) in [6.45, 7) is 5.57. The second-order valence-corrected chi connectivity index (χ2v) is 17.1. The van der Waals surface area contributed by atoms with E-state index >= 15 is 0 Å². The minimum absolute atomic E-state index is 0.0440. The van der Waals surface area contributed by atoms with Crippen LogP contribution in [0.5, 0.6) is 0 Å². The molecule has 0 bridgehead atoms. The largest absolute Gasteiger partial charge is 0.399 e. The van der Waals surface area contributed by atoms with Crippen LogP contribution in [-0.2, 0) is 27.8 Å². The second-order valence-electron chi connectivity index (χ2n) is 13.5. The molecule has 1 unspecified atom stereocenters. The van der Waals surface area contributed by atoms with Gasteiger partial charge in [0, 0.05) is 58.1 Å². The number of rotatable bonds is 17. The highest BCUT2D eigenvalue weighted by molar-refractivity contribution is 9.10. The van der Waals surface area contributed by atoms with Crippen molar-refractivity contribution in [1.29, 1.82) is 0 Å². The minimum Gasteiger partial charge on any atom is -0.399 e. The molecule has 2 heterocycles. The molecule has 0 aliphatic rings. The first-order valence-corrected chi connectivity index (χ1v) is 21.4. The zero-order valence-electron chi connectivity index (χ0n) is 31.4. The maximum absolute atomic E-state index is 14.2. The number of hydrogen-bond acceptors (Lipinski definition) is 10. The maximum atomic E-state index is 14.2. The summed E-state index contributed by atoms with van der Waals surface area (Å²) in [4.78, 5) is 49.7. The molecule has 5 aromatic rings. The molecule has 16 heteroatoms. The van der Waals surface area contributed by atoms with Crippen LogP contribution in [0.2, 0.25) is 0 Å². The highest BCUT2D eigenvalue weighted by Crippen LogP contribution is 2.26. The van der Waals surface area contributed by atoms with E-state index in [0.717, 1.165) is 31.9 Å². The lowest BCUT2D eigenvalue weighted by Gasteiger charge is -2.25. The summed E-state index contributed by atoms with van der Waals surface area (Å²) >= 11 is 4.83. The van der Waals surface area contributed by atoms with Crippen molar-refractivity contribution in [2.75, 3.05) is 22.8 Å². The summed E-state index contributed by atoms with van der Waals surface area (Å²) in [6.07, 6.45) is 4.69. The van der Waals surface area contributed by atoms with Crippen LogP contribution in [-0.4, -0.2) is 61.0 Å². The van der Waals surface area contributed by atoms with E-state index in [2.05, 4.69) is 47.2 Å². The van der Waals surface area contributed by atoms with E-state index in [0.29, 0.717) is 17.7 Å². The van der Waals surface area contributed by atoms with Crippen LogP contribution < -0.4 is 31.3 Å². The standard InChI is InChI=1S/C40H45BrN8O5S2/c1-25(29-9-13-34(42)14-10-29)46-38(50)27(3)44-21-35(19-36-23-55-24-45-36)48-40(52)32-16-31(39(51)47-26(2)30-6-5-15-43-20-30)17-37(18-32)49(56(4,53)54)22-28-7-11-33(41)12-8-28/h5-18,20,23-27,35,44H,19,21-22,42H2,1-4H3,(H,46,50)(H,47,51)(H,48,52)/t25-,26?,27+,35+/m1/s1. The Labute approximate surface area is 339 Å². The summed E-state index contributed by atoms with van der Waals surface area (Å²) in [5, 5.41) is 14.1. The predicted molar refractivity (Wildman–Crippen MR) is 224 cm³/mol. The maximum Gasteiger partial charge on any atom is 0.251 e. The molecule has 0 fully saturated rings. The third-order valence-electron chi connectivity index (χ3n) is 9.04. The Morgan fingerprint density at radius 3 is 2.14 bits per heavy atom. The summed E-state index contributed by atoms with van der Waals surface area (Å²) in [6, 6.07) is 20.5. The molecule has 6 N–H and O–H groups in total. The van der Waals surface area contributed by atoms with Crippen LogP contribution in [0.3, 0.4) is 0 Å². The van der Waals surface area contributed by atoms with E-state index in [1.165, 1.54) is 29.5 Å². The number of halogens is 1. The average Bonchev–Trinajstić information content (AvgIpc) is 3.69. The van der Waals surface area contributed by atoms with E-state index < -0.39 is 40.0 Å². The average molecular weight is 862 g/mol. The summed E-state index contributed by atoms with van der Waals surface area (Å²) in [5.41, 5.74) is 11.5. The Balaban J connectivity index is 1.41. The normalized spacial score (nSPS) is 13.5. The fraction of sp³-hybridized carbons (Fsp3) is 0.275. The zero-order valence-corrected chi connectivity index (χ0v) is 34.6. The van der Waals surface area contributed by atoms with Gasteiger partial charge in [-0.25, -0.2) is 13.4 Å². The van der Waals surface area contributed by atoms with Gasteiger partial charge in [0.15, 0.2) is 0 Å². The molecule has 5 rings (SSSR count). The van der Waals surface area contributed by atoms with Gasteiger partial charge in [-0.2, -0.15) is 0 Å². The number of nitrogens with one attached hydrogen (secondary N) is 4. The van der Waals surface area contributed by atoms with Crippen molar-refractivity contribution in [3.63, 3.8) is 0 Å². The van der Waals surface area contributed by atoms with E-state index in [4.69, 9.17) is 5.73 Å². The molecule has 0 saturated carbocycles. The van der Waals surface area contributed by atoms with Gasteiger partial charge in [0.2, 0.25) is 15.9 Å². The monoisotopic (exact) mass is 860 g/mol. The van der Waals surface area contributed by atoms with Gasteiger partial charge in [-0.3, -0.25) is 23.7 Å². The van der Waals surface area contributed by atoms with Crippen molar-refractivity contribution in [2.24, 2.45) is 0 Å². The molecule has 294 valence electrons. The molecule has 2 aromatic heterocycles. The molecule has 56 heavy (non-hydrogen) atoms. The lowest BCUT2D eigenvalue weighted by atomic mass is 10.0. The molecular formula is C40H45BrN8O5S2. The van der Waals surface area contributed by atoms with Gasteiger partial charge in [-0.05, 0) is 86.0 Å². The van der Waals surface area contributed by atoms with E-state index in [9.17, 15) is 22.8 Å². The quantitative estimate of drug-likeness (QED) is 0.0749. The van der Waals surface area contributed by atoms with Crippen LogP contribution in [0.25, 0.3) is 0 Å².